The number of aliphatic carboxylic acids is 1. The van der Waals surface area contributed by atoms with Crippen LogP contribution in [0.4, 0.5) is 10.5 Å². The third-order valence-corrected chi connectivity index (χ3v) is 3.21. The summed E-state index contributed by atoms with van der Waals surface area (Å²) in [6.07, 6.45) is 0.510. The number of carbonyl (C=O) groups excluding carboxylic acids is 1. The number of benzene rings is 1. The molecule has 0 aliphatic rings. The van der Waals surface area contributed by atoms with Gasteiger partial charge in [-0.25, -0.2) is 4.79 Å². The number of urea groups is 1. The zero-order valence-electron chi connectivity index (χ0n) is 13.1. The summed E-state index contributed by atoms with van der Waals surface area (Å²) in [6.45, 7) is 6.69. The molecule has 1 rings (SSSR count). The molecule has 0 bridgehead atoms. The van der Waals surface area contributed by atoms with Gasteiger partial charge in [0.05, 0.1) is 0 Å². The molecule has 2 N–H and O–H groups in total. The van der Waals surface area contributed by atoms with Gasteiger partial charge in [-0.05, 0) is 23.5 Å². The molecule has 21 heavy (non-hydrogen) atoms. The van der Waals surface area contributed by atoms with E-state index in [-0.39, 0.29) is 17.9 Å². The monoisotopic (exact) mass is 292 g/mol. The third kappa shape index (κ3) is 5.45. The van der Waals surface area contributed by atoms with E-state index >= 15 is 0 Å². The molecule has 0 fully saturated rings. The number of carbonyl (C=O) groups is 2. The first kappa shape index (κ1) is 17.0. The number of anilines is 1. The maximum absolute atomic E-state index is 12.1. The first-order chi connectivity index (χ1) is 9.71. The van der Waals surface area contributed by atoms with E-state index in [0.717, 1.165) is 11.3 Å². The molecule has 5 nitrogen and oxygen atoms in total. The lowest BCUT2D eigenvalue weighted by Gasteiger charge is -2.24. The number of amides is 2. The van der Waals surface area contributed by atoms with Gasteiger partial charge < -0.3 is 15.3 Å². The van der Waals surface area contributed by atoms with Gasteiger partial charge in [-0.1, -0.05) is 39.0 Å². The van der Waals surface area contributed by atoms with E-state index in [1.165, 1.54) is 4.90 Å². The predicted octanol–water partition coefficient (Wildman–Crippen LogP) is 3.31. The summed E-state index contributed by atoms with van der Waals surface area (Å²) in [7, 11) is 1.66. The Hall–Kier alpha value is -2.04. The molecule has 0 atom stereocenters. The Morgan fingerprint density at radius 1 is 1.24 bits per heavy atom. The molecule has 1 aromatic carbocycles. The van der Waals surface area contributed by atoms with Crippen molar-refractivity contribution in [3.05, 3.63) is 29.8 Å². The van der Waals surface area contributed by atoms with Crippen LogP contribution in [0.2, 0.25) is 0 Å². The van der Waals surface area contributed by atoms with Crippen molar-refractivity contribution >= 4 is 17.7 Å². The van der Waals surface area contributed by atoms with Crippen LogP contribution in [-0.2, 0) is 10.2 Å². The summed E-state index contributed by atoms with van der Waals surface area (Å²) in [4.78, 5) is 24.1. The first-order valence-electron chi connectivity index (χ1n) is 7.05. The minimum absolute atomic E-state index is 0.0637. The second-order valence-corrected chi connectivity index (χ2v) is 6.14. The lowest BCUT2D eigenvalue weighted by Crippen LogP contribution is -2.33. The molecule has 0 heterocycles. The van der Waals surface area contributed by atoms with Crippen LogP contribution < -0.4 is 5.32 Å². The highest BCUT2D eigenvalue weighted by Gasteiger charge is 2.19. The van der Waals surface area contributed by atoms with Crippen LogP contribution in [0.5, 0.6) is 0 Å². The average molecular weight is 292 g/mol. The molecular formula is C16H24N2O3. The number of para-hydroxylation sites is 1. The highest BCUT2D eigenvalue weighted by atomic mass is 16.4. The van der Waals surface area contributed by atoms with Crippen LogP contribution in [0.1, 0.15) is 39.2 Å². The summed E-state index contributed by atoms with van der Waals surface area (Å²) in [5, 5.41) is 11.5. The minimum Gasteiger partial charge on any atom is -0.481 e. The normalized spacial score (nSPS) is 11.0. The zero-order chi connectivity index (χ0) is 16.0. The molecule has 0 saturated carbocycles. The van der Waals surface area contributed by atoms with Crippen LogP contribution in [0, 0.1) is 0 Å². The smallest absolute Gasteiger partial charge is 0.321 e. The zero-order valence-corrected chi connectivity index (χ0v) is 13.1. The Bertz CT molecular complexity index is 506. The van der Waals surface area contributed by atoms with E-state index in [0.29, 0.717) is 13.0 Å². The van der Waals surface area contributed by atoms with Crippen molar-refractivity contribution in [3.63, 3.8) is 0 Å². The Labute approximate surface area is 126 Å². The largest absolute Gasteiger partial charge is 0.481 e. The topological polar surface area (TPSA) is 69.6 Å². The maximum atomic E-state index is 12.1. The molecule has 0 aliphatic heterocycles. The average Bonchev–Trinajstić information content (AvgIpc) is 2.37. The van der Waals surface area contributed by atoms with Gasteiger partial charge in [-0.3, -0.25) is 4.79 Å². The van der Waals surface area contributed by atoms with Crippen LogP contribution in [-0.4, -0.2) is 35.6 Å². The molecule has 0 unspecified atom stereocenters. The SMILES string of the molecule is CN(CCCC(=O)O)C(=O)Nc1ccccc1C(C)(C)C. The second kappa shape index (κ2) is 7.11. The lowest BCUT2D eigenvalue weighted by atomic mass is 9.86. The van der Waals surface area contributed by atoms with E-state index < -0.39 is 5.97 Å². The van der Waals surface area contributed by atoms with Crippen molar-refractivity contribution in [1.29, 1.82) is 0 Å². The minimum atomic E-state index is -0.845. The van der Waals surface area contributed by atoms with E-state index in [1.54, 1.807) is 7.05 Å². The summed E-state index contributed by atoms with van der Waals surface area (Å²) < 4.78 is 0. The van der Waals surface area contributed by atoms with E-state index in [9.17, 15) is 9.59 Å². The van der Waals surface area contributed by atoms with E-state index in [2.05, 4.69) is 26.1 Å². The van der Waals surface area contributed by atoms with Gasteiger partial charge in [0.15, 0.2) is 0 Å². The number of hydrogen-bond acceptors (Lipinski definition) is 2. The van der Waals surface area contributed by atoms with E-state index in [4.69, 9.17) is 5.11 Å². The number of rotatable bonds is 5. The van der Waals surface area contributed by atoms with E-state index in [1.807, 2.05) is 24.3 Å². The quantitative estimate of drug-likeness (QED) is 0.874. The molecule has 1 aromatic rings. The lowest BCUT2D eigenvalue weighted by molar-refractivity contribution is -0.137. The standard InChI is InChI=1S/C16H24N2O3/c1-16(2,3)12-8-5-6-9-13(12)17-15(21)18(4)11-7-10-14(19)20/h5-6,8-9H,7,10-11H2,1-4H3,(H,17,21)(H,19,20). The molecule has 0 aliphatic carbocycles. The summed E-state index contributed by atoms with van der Waals surface area (Å²) in [6, 6.07) is 7.49. The van der Waals surface area contributed by atoms with Gasteiger partial charge in [0.1, 0.15) is 0 Å². The van der Waals surface area contributed by atoms with Crippen LogP contribution in [0.25, 0.3) is 0 Å². The van der Waals surface area contributed by atoms with Crippen LogP contribution in [0.15, 0.2) is 24.3 Å². The fourth-order valence-electron chi connectivity index (χ4n) is 2.03. The highest BCUT2D eigenvalue weighted by Crippen LogP contribution is 2.29. The molecule has 2 amide bonds. The van der Waals surface area contributed by atoms with Crippen LogP contribution >= 0.6 is 0 Å². The fourth-order valence-corrected chi connectivity index (χ4v) is 2.03. The number of carboxylic acid groups (broad SMARTS) is 1. The number of nitrogens with one attached hydrogen (secondary N) is 1. The van der Waals surface area contributed by atoms with Gasteiger partial charge in [0, 0.05) is 25.7 Å². The summed E-state index contributed by atoms with van der Waals surface area (Å²) in [5.41, 5.74) is 1.79. The Morgan fingerprint density at radius 2 is 1.86 bits per heavy atom. The molecule has 0 radical (unpaired) electrons. The number of nitrogens with zero attached hydrogens (tertiary/aromatic N) is 1. The predicted molar refractivity (Wildman–Crippen MR) is 83.7 cm³/mol. The Balaban J connectivity index is 2.69. The van der Waals surface area contributed by atoms with Crippen molar-refractivity contribution in [2.75, 3.05) is 18.9 Å². The van der Waals surface area contributed by atoms with Gasteiger partial charge in [-0.15, -0.1) is 0 Å². The fraction of sp³-hybridized carbons (Fsp3) is 0.500. The van der Waals surface area contributed by atoms with Crippen molar-refractivity contribution in [3.8, 4) is 0 Å². The highest BCUT2D eigenvalue weighted by molar-refractivity contribution is 5.90. The van der Waals surface area contributed by atoms with Gasteiger partial charge in [-0.2, -0.15) is 0 Å². The van der Waals surface area contributed by atoms with Crippen molar-refractivity contribution < 1.29 is 14.7 Å². The van der Waals surface area contributed by atoms with Crippen molar-refractivity contribution in [2.45, 2.75) is 39.0 Å². The van der Waals surface area contributed by atoms with Gasteiger partial charge >= 0.3 is 12.0 Å². The molecule has 0 spiro atoms. The van der Waals surface area contributed by atoms with Crippen LogP contribution in [0.3, 0.4) is 0 Å². The maximum Gasteiger partial charge on any atom is 0.321 e. The number of hydrogen-bond donors (Lipinski definition) is 2. The molecular weight excluding hydrogens is 268 g/mol. The van der Waals surface area contributed by atoms with Gasteiger partial charge in [0.2, 0.25) is 0 Å². The molecule has 116 valence electrons. The Morgan fingerprint density at radius 3 is 2.43 bits per heavy atom. The molecule has 5 heteroatoms. The molecule has 0 aromatic heterocycles. The summed E-state index contributed by atoms with van der Waals surface area (Å²) in [5.74, 6) is -0.845. The summed E-state index contributed by atoms with van der Waals surface area (Å²) >= 11 is 0. The van der Waals surface area contributed by atoms with Crippen molar-refractivity contribution in [1.82, 2.24) is 4.90 Å². The number of carboxylic acids is 1. The third-order valence-electron chi connectivity index (χ3n) is 3.21. The van der Waals surface area contributed by atoms with Crippen molar-refractivity contribution in [2.24, 2.45) is 0 Å². The van der Waals surface area contributed by atoms with Gasteiger partial charge in [0.25, 0.3) is 0 Å². The second-order valence-electron chi connectivity index (χ2n) is 6.14. The molecule has 0 saturated heterocycles. The first-order valence-corrected chi connectivity index (χ1v) is 7.05. The Kier molecular flexibility index (Phi) is 5.76.